The summed E-state index contributed by atoms with van der Waals surface area (Å²) in [6, 6.07) is 9.92. The Morgan fingerprint density at radius 3 is 2.53 bits per heavy atom. The Bertz CT molecular complexity index is 553. The quantitative estimate of drug-likeness (QED) is 0.750. The fraction of sp³-hybridized carbons (Fsp3) is 0.286. The molecule has 2 rings (SSSR count). The van der Waals surface area contributed by atoms with E-state index in [4.69, 9.17) is 34.8 Å². The zero-order chi connectivity index (χ0) is 13.8. The minimum Gasteiger partial charge on any atom is -0.310 e. The molecule has 0 amide bonds. The average molecular weight is 335 g/mol. The normalized spacial score (nSPS) is 12.6. The molecule has 0 spiro atoms. The fourth-order valence-corrected chi connectivity index (χ4v) is 3.81. The first-order chi connectivity index (χ1) is 9.11. The second-order valence-electron chi connectivity index (χ2n) is 4.19. The van der Waals surface area contributed by atoms with Crippen LogP contribution in [0.25, 0.3) is 0 Å². The van der Waals surface area contributed by atoms with E-state index >= 15 is 0 Å². The van der Waals surface area contributed by atoms with Crippen LogP contribution in [0.5, 0.6) is 0 Å². The minimum atomic E-state index is 0.126. The van der Waals surface area contributed by atoms with Gasteiger partial charge >= 0.3 is 0 Å². The molecule has 1 unspecified atom stereocenters. The Hall–Kier alpha value is -0.250. The van der Waals surface area contributed by atoms with Crippen molar-refractivity contribution < 1.29 is 0 Å². The molecule has 0 aliphatic heterocycles. The molecule has 19 heavy (non-hydrogen) atoms. The summed E-state index contributed by atoms with van der Waals surface area (Å²) in [6.07, 6.45) is 0.792. The van der Waals surface area contributed by atoms with Crippen LogP contribution in [-0.4, -0.2) is 6.54 Å². The first-order valence-corrected chi connectivity index (χ1v) is 7.98. The molecular formula is C14H14Cl3NS. The molecule has 1 atom stereocenters. The van der Waals surface area contributed by atoms with Crippen LogP contribution in [0.15, 0.2) is 30.3 Å². The van der Waals surface area contributed by atoms with Gasteiger partial charge in [0.2, 0.25) is 0 Å². The Balaban J connectivity index is 2.26. The molecule has 0 radical (unpaired) electrons. The summed E-state index contributed by atoms with van der Waals surface area (Å²) in [5.74, 6) is 0. The topological polar surface area (TPSA) is 12.0 Å². The predicted molar refractivity (Wildman–Crippen MR) is 85.9 cm³/mol. The summed E-state index contributed by atoms with van der Waals surface area (Å²) in [4.78, 5) is 0. The SMILES string of the molecule is CCNC(Cc1ccccc1Cl)c1cc(Cl)sc1Cl. The van der Waals surface area contributed by atoms with Gasteiger partial charge in [-0.05, 0) is 30.7 Å². The molecule has 1 aromatic heterocycles. The van der Waals surface area contributed by atoms with Gasteiger partial charge in [-0.1, -0.05) is 59.9 Å². The second kappa shape index (κ2) is 6.96. The third-order valence-electron chi connectivity index (χ3n) is 2.89. The fourth-order valence-electron chi connectivity index (χ4n) is 2.01. The van der Waals surface area contributed by atoms with E-state index in [1.54, 1.807) is 0 Å². The maximum atomic E-state index is 6.24. The van der Waals surface area contributed by atoms with Crippen LogP contribution >= 0.6 is 46.1 Å². The number of likely N-dealkylation sites (N-methyl/N-ethyl adjacent to an activating group) is 1. The lowest BCUT2D eigenvalue weighted by Crippen LogP contribution is -2.22. The summed E-state index contributed by atoms with van der Waals surface area (Å²) < 4.78 is 1.45. The van der Waals surface area contributed by atoms with Gasteiger partial charge in [-0.3, -0.25) is 0 Å². The molecule has 102 valence electrons. The molecule has 0 fully saturated rings. The number of rotatable bonds is 5. The van der Waals surface area contributed by atoms with Crippen molar-refractivity contribution in [1.82, 2.24) is 5.32 Å². The lowest BCUT2D eigenvalue weighted by Gasteiger charge is -2.18. The molecule has 0 saturated carbocycles. The summed E-state index contributed by atoms with van der Waals surface area (Å²) in [7, 11) is 0. The molecule has 1 heterocycles. The summed E-state index contributed by atoms with van der Waals surface area (Å²) in [6.45, 7) is 2.93. The van der Waals surface area contributed by atoms with Crippen molar-refractivity contribution in [1.29, 1.82) is 0 Å². The van der Waals surface area contributed by atoms with E-state index in [-0.39, 0.29) is 6.04 Å². The molecule has 0 bridgehead atoms. The first-order valence-electron chi connectivity index (χ1n) is 6.03. The summed E-state index contributed by atoms with van der Waals surface area (Å²) >= 11 is 19.9. The highest BCUT2D eigenvalue weighted by Gasteiger charge is 2.18. The summed E-state index contributed by atoms with van der Waals surface area (Å²) in [5, 5.41) is 4.21. The zero-order valence-corrected chi connectivity index (χ0v) is 13.5. The van der Waals surface area contributed by atoms with Gasteiger partial charge in [-0.2, -0.15) is 0 Å². The maximum Gasteiger partial charge on any atom is 0.0992 e. The molecule has 5 heteroatoms. The lowest BCUT2D eigenvalue weighted by atomic mass is 10.0. The monoisotopic (exact) mass is 333 g/mol. The summed E-state index contributed by atoms with van der Waals surface area (Å²) in [5.41, 5.74) is 2.15. The van der Waals surface area contributed by atoms with Crippen LogP contribution in [0.2, 0.25) is 13.7 Å². The third-order valence-corrected chi connectivity index (χ3v) is 4.78. The molecular weight excluding hydrogens is 321 g/mol. The molecule has 0 saturated heterocycles. The molecule has 0 aliphatic rings. The van der Waals surface area contributed by atoms with Crippen LogP contribution in [0.3, 0.4) is 0 Å². The van der Waals surface area contributed by atoms with E-state index < -0.39 is 0 Å². The predicted octanol–water partition coefficient (Wildman–Crippen LogP) is 5.60. The van der Waals surface area contributed by atoms with E-state index in [2.05, 4.69) is 12.2 Å². The Kier molecular flexibility index (Phi) is 5.55. The highest BCUT2D eigenvalue weighted by molar-refractivity contribution is 7.20. The van der Waals surface area contributed by atoms with Gasteiger partial charge in [-0.15, -0.1) is 11.3 Å². The van der Waals surface area contributed by atoms with E-state index in [0.29, 0.717) is 4.34 Å². The van der Waals surface area contributed by atoms with Gasteiger partial charge in [-0.25, -0.2) is 0 Å². The number of thiophene rings is 1. The van der Waals surface area contributed by atoms with Crippen LogP contribution in [0.1, 0.15) is 24.1 Å². The zero-order valence-electron chi connectivity index (χ0n) is 10.4. The number of halogens is 3. The van der Waals surface area contributed by atoms with Crippen molar-refractivity contribution in [2.45, 2.75) is 19.4 Å². The molecule has 1 nitrogen and oxygen atoms in total. The lowest BCUT2D eigenvalue weighted by molar-refractivity contribution is 0.551. The highest BCUT2D eigenvalue weighted by Crippen LogP contribution is 2.36. The largest absolute Gasteiger partial charge is 0.310 e. The van der Waals surface area contributed by atoms with Gasteiger partial charge in [0.1, 0.15) is 0 Å². The number of hydrogen-bond donors (Lipinski definition) is 1. The van der Waals surface area contributed by atoms with Gasteiger partial charge < -0.3 is 5.32 Å². The van der Waals surface area contributed by atoms with E-state index in [1.807, 2.05) is 30.3 Å². The van der Waals surface area contributed by atoms with Gasteiger partial charge in [0.25, 0.3) is 0 Å². The van der Waals surface area contributed by atoms with E-state index in [1.165, 1.54) is 11.3 Å². The highest BCUT2D eigenvalue weighted by atomic mass is 35.5. The van der Waals surface area contributed by atoms with Crippen LogP contribution in [0.4, 0.5) is 0 Å². The first kappa shape index (κ1) is 15.1. The number of benzene rings is 1. The van der Waals surface area contributed by atoms with E-state index in [0.717, 1.165) is 33.5 Å². The smallest absolute Gasteiger partial charge is 0.0992 e. The number of hydrogen-bond acceptors (Lipinski definition) is 2. The van der Waals surface area contributed by atoms with Crippen LogP contribution in [0, 0.1) is 0 Å². The van der Waals surface area contributed by atoms with Crippen molar-refractivity contribution in [3.63, 3.8) is 0 Å². The van der Waals surface area contributed by atoms with Crippen molar-refractivity contribution in [2.75, 3.05) is 6.54 Å². The minimum absolute atomic E-state index is 0.126. The standard InChI is InChI=1S/C14H14Cl3NS/c1-2-18-12(10-8-13(16)19-14(10)17)7-9-5-3-4-6-11(9)15/h3-6,8,12,18H,2,7H2,1H3. The Morgan fingerprint density at radius 1 is 1.21 bits per heavy atom. The van der Waals surface area contributed by atoms with Crippen molar-refractivity contribution >= 4 is 46.1 Å². The molecule has 1 N–H and O–H groups in total. The van der Waals surface area contributed by atoms with Crippen molar-refractivity contribution in [3.8, 4) is 0 Å². The Morgan fingerprint density at radius 2 is 1.95 bits per heavy atom. The Labute approximate surface area is 132 Å². The maximum absolute atomic E-state index is 6.24. The third kappa shape index (κ3) is 3.87. The number of nitrogens with one attached hydrogen (secondary N) is 1. The van der Waals surface area contributed by atoms with Gasteiger partial charge in [0.15, 0.2) is 0 Å². The van der Waals surface area contributed by atoms with E-state index in [9.17, 15) is 0 Å². The molecule has 1 aromatic carbocycles. The molecule has 0 aliphatic carbocycles. The second-order valence-corrected chi connectivity index (χ2v) is 6.88. The molecule has 2 aromatic rings. The van der Waals surface area contributed by atoms with Gasteiger partial charge in [0.05, 0.1) is 8.67 Å². The van der Waals surface area contributed by atoms with Crippen LogP contribution < -0.4 is 5.32 Å². The van der Waals surface area contributed by atoms with Crippen molar-refractivity contribution in [3.05, 3.63) is 55.2 Å². The van der Waals surface area contributed by atoms with Gasteiger partial charge in [0, 0.05) is 16.6 Å². The van der Waals surface area contributed by atoms with Crippen LogP contribution in [-0.2, 0) is 6.42 Å². The van der Waals surface area contributed by atoms with Crippen molar-refractivity contribution in [2.24, 2.45) is 0 Å². The average Bonchev–Trinajstić information content (AvgIpc) is 2.70.